The lowest BCUT2D eigenvalue weighted by Crippen LogP contribution is -2.20. The van der Waals surface area contributed by atoms with Crippen molar-refractivity contribution in [2.45, 2.75) is 25.8 Å². The minimum atomic E-state index is -0.189. The predicted molar refractivity (Wildman–Crippen MR) is 68.6 cm³/mol. The van der Waals surface area contributed by atoms with Crippen LogP contribution in [-0.4, -0.2) is 6.54 Å². The van der Waals surface area contributed by atoms with E-state index in [0.29, 0.717) is 5.56 Å². The van der Waals surface area contributed by atoms with Crippen LogP contribution >= 0.6 is 15.9 Å². The van der Waals surface area contributed by atoms with Gasteiger partial charge in [0.25, 0.3) is 0 Å². The number of benzene rings is 1. The van der Waals surface area contributed by atoms with Crippen molar-refractivity contribution in [3.05, 3.63) is 34.1 Å². The van der Waals surface area contributed by atoms with Crippen LogP contribution in [0.4, 0.5) is 4.39 Å². The molecule has 0 aliphatic carbocycles. The molecule has 0 aliphatic heterocycles. The van der Waals surface area contributed by atoms with Gasteiger partial charge in [0.05, 0.1) is 0 Å². The molecule has 0 spiro atoms. The molecule has 0 saturated heterocycles. The SMILES string of the molecule is C#CCCCNC(C)c1ccc(Br)cc1F. The minimum absolute atomic E-state index is 0.00544. The largest absolute Gasteiger partial charge is 0.310 e. The lowest BCUT2D eigenvalue weighted by Gasteiger charge is -2.14. The standard InChI is InChI=1S/C13H15BrFN/c1-3-4-5-8-16-10(2)12-7-6-11(14)9-13(12)15/h1,6-7,9-10,16H,4-5,8H2,2H3. The highest BCUT2D eigenvalue weighted by Crippen LogP contribution is 2.20. The van der Waals surface area contributed by atoms with Crippen LogP contribution in [0.5, 0.6) is 0 Å². The zero-order valence-electron chi connectivity index (χ0n) is 9.26. The van der Waals surface area contributed by atoms with Gasteiger partial charge in [-0.2, -0.15) is 0 Å². The van der Waals surface area contributed by atoms with Crippen LogP contribution in [0.1, 0.15) is 31.4 Å². The summed E-state index contributed by atoms with van der Waals surface area (Å²) < 4.78 is 14.3. The van der Waals surface area contributed by atoms with Gasteiger partial charge in [-0.15, -0.1) is 12.3 Å². The molecule has 1 rings (SSSR count). The van der Waals surface area contributed by atoms with Crippen molar-refractivity contribution in [3.8, 4) is 12.3 Å². The molecule has 0 saturated carbocycles. The first-order valence-electron chi connectivity index (χ1n) is 5.27. The molecule has 0 aromatic heterocycles. The number of halogens is 2. The van der Waals surface area contributed by atoms with Gasteiger partial charge in [-0.05, 0) is 32.0 Å². The first kappa shape index (κ1) is 13.2. The monoisotopic (exact) mass is 283 g/mol. The molecule has 1 unspecified atom stereocenters. The van der Waals surface area contributed by atoms with Crippen molar-refractivity contribution in [3.63, 3.8) is 0 Å². The molecule has 0 heterocycles. The molecule has 0 fully saturated rings. The summed E-state index contributed by atoms with van der Waals surface area (Å²) in [6.07, 6.45) is 6.82. The van der Waals surface area contributed by atoms with Gasteiger partial charge in [-0.25, -0.2) is 4.39 Å². The van der Waals surface area contributed by atoms with Gasteiger partial charge >= 0.3 is 0 Å². The average Bonchev–Trinajstić information content (AvgIpc) is 2.24. The van der Waals surface area contributed by atoms with Crippen molar-refractivity contribution in [1.29, 1.82) is 0 Å². The Bertz CT molecular complexity index is 384. The molecule has 1 aromatic carbocycles. The van der Waals surface area contributed by atoms with Crippen LogP contribution in [-0.2, 0) is 0 Å². The average molecular weight is 284 g/mol. The summed E-state index contributed by atoms with van der Waals surface area (Å²) in [6, 6.07) is 5.12. The highest BCUT2D eigenvalue weighted by molar-refractivity contribution is 9.10. The molecule has 0 amide bonds. The van der Waals surface area contributed by atoms with E-state index in [0.717, 1.165) is 23.9 Å². The Morgan fingerprint density at radius 2 is 2.31 bits per heavy atom. The lowest BCUT2D eigenvalue weighted by atomic mass is 10.1. The van der Waals surface area contributed by atoms with Gasteiger partial charge < -0.3 is 5.32 Å². The Labute approximate surface area is 105 Å². The van der Waals surface area contributed by atoms with E-state index in [2.05, 4.69) is 27.2 Å². The normalized spacial score (nSPS) is 12.1. The summed E-state index contributed by atoms with van der Waals surface area (Å²) in [5.41, 5.74) is 0.684. The molecule has 0 radical (unpaired) electrons. The highest BCUT2D eigenvalue weighted by atomic mass is 79.9. The third kappa shape index (κ3) is 3.96. The maximum atomic E-state index is 13.6. The van der Waals surface area contributed by atoms with Gasteiger partial charge in [-0.3, -0.25) is 0 Å². The van der Waals surface area contributed by atoms with Crippen LogP contribution in [0.15, 0.2) is 22.7 Å². The van der Waals surface area contributed by atoms with Crippen LogP contribution in [0, 0.1) is 18.2 Å². The van der Waals surface area contributed by atoms with Gasteiger partial charge in [0.1, 0.15) is 5.82 Å². The van der Waals surface area contributed by atoms with E-state index in [9.17, 15) is 4.39 Å². The Morgan fingerprint density at radius 1 is 1.56 bits per heavy atom. The van der Waals surface area contributed by atoms with E-state index in [-0.39, 0.29) is 11.9 Å². The first-order chi connectivity index (χ1) is 7.65. The maximum Gasteiger partial charge on any atom is 0.129 e. The van der Waals surface area contributed by atoms with Crippen molar-refractivity contribution < 1.29 is 4.39 Å². The van der Waals surface area contributed by atoms with Crippen molar-refractivity contribution >= 4 is 15.9 Å². The molecular formula is C13H15BrFN. The van der Waals surface area contributed by atoms with Gasteiger partial charge in [0.15, 0.2) is 0 Å². The number of hydrogen-bond acceptors (Lipinski definition) is 1. The second-order valence-corrected chi connectivity index (χ2v) is 4.56. The number of nitrogens with one attached hydrogen (secondary N) is 1. The van der Waals surface area contributed by atoms with Crippen molar-refractivity contribution in [1.82, 2.24) is 5.32 Å². The van der Waals surface area contributed by atoms with Crippen LogP contribution < -0.4 is 5.32 Å². The molecule has 0 bridgehead atoms. The van der Waals surface area contributed by atoms with Gasteiger partial charge in [0, 0.05) is 22.5 Å². The third-order valence-corrected chi connectivity index (χ3v) is 2.87. The third-order valence-electron chi connectivity index (χ3n) is 2.38. The molecule has 1 atom stereocenters. The molecule has 1 N–H and O–H groups in total. The summed E-state index contributed by atoms with van der Waals surface area (Å²) in [5.74, 6) is 2.39. The fourth-order valence-electron chi connectivity index (χ4n) is 1.47. The summed E-state index contributed by atoms with van der Waals surface area (Å²) >= 11 is 3.24. The van der Waals surface area contributed by atoms with Crippen LogP contribution in [0.25, 0.3) is 0 Å². The lowest BCUT2D eigenvalue weighted by molar-refractivity contribution is 0.523. The summed E-state index contributed by atoms with van der Waals surface area (Å²) in [6.45, 7) is 2.75. The Hall–Kier alpha value is -0.850. The molecule has 3 heteroatoms. The van der Waals surface area contributed by atoms with Crippen molar-refractivity contribution in [2.24, 2.45) is 0 Å². The quantitative estimate of drug-likeness (QED) is 0.643. The Balaban J connectivity index is 2.53. The number of rotatable bonds is 5. The zero-order chi connectivity index (χ0) is 12.0. The van der Waals surface area contributed by atoms with Crippen LogP contribution in [0.3, 0.4) is 0 Å². The summed E-state index contributed by atoms with van der Waals surface area (Å²) in [7, 11) is 0. The molecule has 86 valence electrons. The molecule has 1 aromatic rings. The minimum Gasteiger partial charge on any atom is -0.310 e. The molecule has 16 heavy (non-hydrogen) atoms. The fourth-order valence-corrected chi connectivity index (χ4v) is 1.80. The number of unbranched alkanes of at least 4 members (excludes halogenated alkanes) is 1. The number of terminal acetylenes is 1. The molecule has 0 aliphatic rings. The molecular weight excluding hydrogens is 269 g/mol. The first-order valence-corrected chi connectivity index (χ1v) is 6.06. The van der Waals surface area contributed by atoms with E-state index in [4.69, 9.17) is 6.42 Å². The smallest absolute Gasteiger partial charge is 0.129 e. The van der Waals surface area contributed by atoms with Gasteiger partial charge in [0.2, 0.25) is 0 Å². The maximum absolute atomic E-state index is 13.6. The summed E-state index contributed by atoms with van der Waals surface area (Å²) in [4.78, 5) is 0. The highest BCUT2D eigenvalue weighted by Gasteiger charge is 2.09. The number of hydrogen-bond donors (Lipinski definition) is 1. The Kier molecular flexibility index (Phi) is 5.51. The Morgan fingerprint density at radius 3 is 2.94 bits per heavy atom. The van der Waals surface area contributed by atoms with Crippen LogP contribution in [0.2, 0.25) is 0 Å². The summed E-state index contributed by atoms with van der Waals surface area (Å²) in [5, 5.41) is 3.24. The van der Waals surface area contributed by atoms with E-state index >= 15 is 0 Å². The van der Waals surface area contributed by atoms with E-state index in [1.165, 1.54) is 6.07 Å². The zero-order valence-corrected chi connectivity index (χ0v) is 10.8. The second-order valence-electron chi connectivity index (χ2n) is 3.65. The van der Waals surface area contributed by atoms with Gasteiger partial charge in [-0.1, -0.05) is 22.0 Å². The second kappa shape index (κ2) is 6.67. The van der Waals surface area contributed by atoms with E-state index in [1.54, 1.807) is 6.07 Å². The fraction of sp³-hybridized carbons (Fsp3) is 0.385. The van der Waals surface area contributed by atoms with E-state index in [1.807, 2.05) is 13.0 Å². The van der Waals surface area contributed by atoms with E-state index < -0.39 is 0 Å². The van der Waals surface area contributed by atoms with Crippen molar-refractivity contribution in [2.75, 3.05) is 6.54 Å². The molecule has 1 nitrogen and oxygen atoms in total. The predicted octanol–water partition coefficient (Wildman–Crippen LogP) is 3.65. The topological polar surface area (TPSA) is 12.0 Å².